The summed E-state index contributed by atoms with van der Waals surface area (Å²) in [5.74, 6) is 1.61. The number of rotatable bonds is 3. The van der Waals surface area contributed by atoms with E-state index in [0.717, 1.165) is 22.7 Å². The van der Waals surface area contributed by atoms with Crippen LogP contribution in [0.3, 0.4) is 0 Å². The maximum absolute atomic E-state index is 5.83. The lowest BCUT2D eigenvalue weighted by atomic mass is 10.2. The van der Waals surface area contributed by atoms with E-state index < -0.39 is 0 Å². The van der Waals surface area contributed by atoms with Crippen molar-refractivity contribution in [2.75, 3.05) is 18.5 Å². The molecule has 98 valence electrons. The Kier molecular flexibility index (Phi) is 3.42. The van der Waals surface area contributed by atoms with Crippen LogP contribution >= 0.6 is 11.6 Å². The smallest absolute Gasteiger partial charge is 0.161 e. The minimum atomic E-state index is 0.479. The van der Waals surface area contributed by atoms with Gasteiger partial charge in [-0.2, -0.15) is 0 Å². The maximum Gasteiger partial charge on any atom is 0.161 e. The van der Waals surface area contributed by atoms with Crippen LogP contribution in [-0.2, 0) is 6.54 Å². The number of benzene rings is 1. The van der Waals surface area contributed by atoms with Crippen molar-refractivity contribution in [1.82, 2.24) is 4.98 Å². The number of nitrogens with zero attached hydrogens (tertiary/aromatic N) is 1. The molecule has 0 atom stereocenters. The second-order valence-corrected chi connectivity index (χ2v) is 4.59. The summed E-state index contributed by atoms with van der Waals surface area (Å²) in [6.07, 6.45) is 1.68. The number of hydrogen-bond donors (Lipinski definition) is 1. The Labute approximate surface area is 116 Å². The third-order valence-electron chi connectivity index (χ3n) is 2.83. The summed E-state index contributed by atoms with van der Waals surface area (Å²) in [5.41, 5.74) is 2.06. The van der Waals surface area contributed by atoms with Gasteiger partial charge in [-0.3, -0.25) is 0 Å². The largest absolute Gasteiger partial charge is 0.486 e. The zero-order valence-electron chi connectivity index (χ0n) is 10.2. The van der Waals surface area contributed by atoms with Gasteiger partial charge in [0, 0.05) is 18.4 Å². The highest BCUT2D eigenvalue weighted by Crippen LogP contribution is 2.30. The molecule has 1 aliphatic heterocycles. The first-order chi connectivity index (χ1) is 9.31. The molecule has 0 saturated heterocycles. The van der Waals surface area contributed by atoms with Crippen molar-refractivity contribution in [3.8, 4) is 11.5 Å². The monoisotopic (exact) mass is 276 g/mol. The average Bonchev–Trinajstić information content (AvgIpc) is 2.45. The van der Waals surface area contributed by atoms with Crippen molar-refractivity contribution in [3.05, 3.63) is 47.2 Å². The topological polar surface area (TPSA) is 43.4 Å². The van der Waals surface area contributed by atoms with Crippen molar-refractivity contribution >= 4 is 17.3 Å². The Balaban J connectivity index is 1.70. The van der Waals surface area contributed by atoms with Crippen molar-refractivity contribution in [2.45, 2.75) is 6.54 Å². The van der Waals surface area contributed by atoms with E-state index in [2.05, 4.69) is 10.3 Å². The number of nitrogens with one attached hydrogen (secondary N) is 1. The Bertz CT molecular complexity index is 589. The summed E-state index contributed by atoms with van der Waals surface area (Å²) in [7, 11) is 0. The predicted octanol–water partition coefficient (Wildman–Crippen LogP) is 3.12. The van der Waals surface area contributed by atoms with E-state index in [1.54, 1.807) is 12.3 Å². The van der Waals surface area contributed by atoms with Crippen LogP contribution in [0.2, 0.25) is 5.15 Å². The van der Waals surface area contributed by atoms with Gasteiger partial charge in [0.05, 0.1) is 0 Å². The fourth-order valence-electron chi connectivity index (χ4n) is 1.91. The van der Waals surface area contributed by atoms with Gasteiger partial charge < -0.3 is 14.8 Å². The van der Waals surface area contributed by atoms with Gasteiger partial charge in [0.1, 0.15) is 18.4 Å². The minimum Gasteiger partial charge on any atom is -0.486 e. The number of pyridine rings is 1. The fraction of sp³-hybridized carbons (Fsp3) is 0.214. The van der Waals surface area contributed by atoms with Crippen LogP contribution in [0.4, 0.5) is 5.69 Å². The maximum atomic E-state index is 5.83. The minimum absolute atomic E-state index is 0.479. The fourth-order valence-corrected chi connectivity index (χ4v) is 2.09. The molecule has 19 heavy (non-hydrogen) atoms. The van der Waals surface area contributed by atoms with Crippen LogP contribution in [-0.4, -0.2) is 18.2 Å². The number of ether oxygens (including phenoxy) is 2. The van der Waals surface area contributed by atoms with Crippen LogP contribution in [0.25, 0.3) is 0 Å². The number of anilines is 1. The second-order valence-electron chi connectivity index (χ2n) is 4.20. The third-order valence-corrected chi connectivity index (χ3v) is 3.04. The molecule has 0 spiro atoms. The summed E-state index contributed by atoms with van der Waals surface area (Å²) in [5, 5.41) is 3.77. The molecule has 0 saturated carbocycles. The molecule has 0 bridgehead atoms. The lowest BCUT2D eigenvalue weighted by Crippen LogP contribution is -2.15. The van der Waals surface area contributed by atoms with Gasteiger partial charge in [-0.1, -0.05) is 17.7 Å². The Hall–Kier alpha value is -1.94. The van der Waals surface area contributed by atoms with E-state index in [-0.39, 0.29) is 0 Å². The summed E-state index contributed by atoms with van der Waals surface area (Å²) in [4.78, 5) is 3.94. The average molecular weight is 277 g/mol. The zero-order valence-corrected chi connectivity index (χ0v) is 11.0. The number of fused-ring (bicyclic) bond motifs is 1. The standard InChI is InChI=1S/C14H13ClN2O2/c15-14-8-11(3-4-16-14)17-9-10-1-2-12-13(7-10)19-6-5-18-12/h1-4,7-8H,5-6,9H2,(H,16,17). The summed E-state index contributed by atoms with van der Waals surface area (Å²) >= 11 is 5.83. The zero-order chi connectivity index (χ0) is 13.1. The van der Waals surface area contributed by atoms with Crippen LogP contribution in [0, 0.1) is 0 Å². The molecule has 1 aliphatic rings. The van der Waals surface area contributed by atoms with Crippen LogP contribution < -0.4 is 14.8 Å². The predicted molar refractivity (Wildman–Crippen MR) is 74.0 cm³/mol. The highest BCUT2D eigenvalue weighted by atomic mass is 35.5. The van der Waals surface area contributed by atoms with E-state index in [9.17, 15) is 0 Å². The summed E-state index contributed by atoms with van der Waals surface area (Å²) in [6.45, 7) is 1.90. The highest BCUT2D eigenvalue weighted by Gasteiger charge is 2.11. The van der Waals surface area contributed by atoms with Gasteiger partial charge in [0.25, 0.3) is 0 Å². The van der Waals surface area contributed by atoms with E-state index in [4.69, 9.17) is 21.1 Å². The Morgan fingerprint density at radius 2 is 1.95 bits per heavy atom. The lowest BCUT2D eigenvalue weighted by molar-refractivity contribution is 0.171. The van der Waals surface area contributed by atoms with Crippen molar-refractivity contribution in [3.63, 3.8) is 0 Å². The van der Waals surface area contributed by atoms with E-state index in [1.807, 2.05) is 24.3 Å². The second kappa shape index (κ2) is 5.36. The molecule has 1 N–H and O–H groups in total. The molecule has 0 amide bonds. The first-order valence-corrected chi connectivity index (χ1v) is 6.43. The molecular formula is C14H13ClN2O2. The molecule has 3 rings (SSSR count). The molecule has 1 aromatic heterocycles. The quantitative estimate of drug-likeness (QED) is 0.875. The molecule has 5 heteroatoms. The normalized spacial score (nSPS) is 13.1. The van der Waals surface area contributed by atoms with Gasteiger partial charge in [-0.05, 0) is 29.8 Å². The van der Waals surface area contributed by atoms with Crippen molar-refractivity contribution in [2.24, 2.45) is 0 Å². The van der Waals surface area contributed by atoms with Gasteiger partial charge >= 0.3 is 0 Å². The molecule has 0 aliphatic carbocycles. The van der Waals surface area contributed by atoms with E-state index in [1.165, 1.54) is 0 Å². The molecule has 1 aromatic carbocycles. The lowest BCUT2D eigenvalue weighted by Gasteiger charge is -2.19. The Morgan fingerprint density at radius 3 is 2.79 bits per heavy atom. The molecular weight excluding hydrogens is 264 g/mol. The molecule has 0 fully saturated rings. The van der Waals surface area contributed by atoms with Gasteiger partial charge in [-0.25, -0.2) is 4.98 Å². The molecule has 0 unspecified atom stereocenters. The van der Waals surface area contributed by atoms with Crippen LogP contribution in [0.5, 0.6) is 11.5 Å². The number of aromatic nitrogens is 1. The van der Waals surface area contributed by atoms with E-state index >= 15 is 0 Å². The molecule has 0 radical (unpaired) electrons. The first kappa shape index (κ1) is 12.1. The van der Waals surface area contributed by atoms with Gasteiger partial charge in [-0.15, -0.1) is 0 Å². The van der Waals surface area contributed by atoms with Gasteiger partial charge in [0.15, 0.2) is 11.5 Å². The van der Waals surface area contributed by atoms with Crippen LogP contribution in [0.1, 0.15) is 5.56 Å². The van der Waals surface area contributed by atoms with Crippen LogP contribution in [0.15, 0.2) is 36.5 Å². The Morgan fingerprint density at radius 1 is 1.11 bits per heavy atom. The van der Waals surface area contributed by atoms with Gasteiger partial charge in [0.2, 0.25) is 0 Å². The van der Waals surface area contributed by atoms with E-state index in [0.29, 0.717) is 24.9 Å². The molecule has 2 aromatic rings. The number of halogens is 1. The third kappa shape index (κ3) is 2.90. The highest BCUT2D eigenvalue weighted by molar-refractivity contribution is 6.29. The van der Waals surface area contributed by atoms with Crippen molar-refractivity contribution in [1.29, 1.82) is 0 Å². The summed E-state index contributed by atoms with van der Waals surface area (Å²) < 4.78 is 11.0. The first-order valence-electron chi connectivity index (χ1n) is 6.05. The number of hydrogen-bond acceptors (Lipinski definition) is 4. The molecule has 2 heterocycles. The van der Waals surface area contributed by atoms with Crippen molar-refractivity contribution < 1.29 is 9.47 Å². The summed E-state index contributed by atoms with van der Waals surface area (Å²) in [6, 6.07) is 9.61. The SMILES string of the molecule is Clc1cc(NCc2ccc3c(c2)OCCO3)ccn1. The molecule has 4 nitrogen and oxygen atoms in total.